The lowest BCUT2D eigenvalue weighted by Gasteiger charge is -2.19. The third-order valence-corrected chi connectivity index (χ3v) is 6.81. The van der Waals surface area contributed by atoms with Gasteiger partial charge >= 0.3 is 6.09 Å². The van der Waals surface area contributed by atoms with Crippen LogP contribution in [0.25, 0.3) is 0 Å². The third-order valence-electron chi connectivity index (χ3n) is 5.43. The molecule has 0 aliphatic carbocycles. The van der Waals surface area contributed by atoms with Gasteiger partial charge in [-0.3, -0.25) is 14.4 Å². The molecular formula is C24H21N3O7S. The molecular weight excluding hydrogens is 474 g/mol. The van der Waals surface area contributed by atoms with E-state index >= 15 is 0 Å². The number of cyclic esters (lactones) is 1. The summed E-state index contributed by atoms with van der Waals surface area (Å²) in [4.78, 5) is 26.2. The Kier molecular flexibility index (Phi) is 5.91. The summed E-state index contributed by atoms with van der Waals surface area (Å²) in [6.07, 6.45) is -0.471. The van der Waals surface area contributed by atoms with Crippen molar-refractivity contribution in [2.45, 2.75) is 4.90 Å². The summed E-state index contributed by atoms with van der Waals surface area (Å²) in [5, 5.41) is 2.79. The fraction of sp³-hybridized carbons (Fsp3) is 0.167. The molecule has 2 aliphatic heterocycles. The molecule has 0 aromatic heterocycles. The van der Waals surface area contributed by atoms with Crippen molar-refractivity contribution in [3.63, 3.8) is 0 Å². The smallest absolute Gasteiger partial charge is 0.414 e. The monoisotopic (exact) mass is 495 g/mol. The molecule has 0 spiro atoms. The number of carbonyl (C=O) groups is 2. The summed E-state index contributed by atoms with van der Waals surface area (Å²) in [5.41, 5.74) is 1.59. The lowest BCUT2D eigenvalue weighted by molar-refractivity contribution is 0.102. The van der Waals surface area contributed by atoms with Crippen LogP contribution in [0.15, 0.2) is 71.6 Å². The summed E-state index contributed by atoms with van der Waals surface area (Å²) in [5.74, 6) is 0.452. The van der Waals surface area contributed by atoms with E-state index in [4.69, 9.17) is 14.2 Å². The number of anilines is 3. The van der Waals surface area contributed by atoms with Crippen molar-refractivity contribution < 1.29 is 32.2 Å². The van der Waals surface area contributed by atoms with Crippen LogP contribution in [0, 0.1) is 0 Å². The van der Waals surface area contributed by atoms with Gasteiger partial charge in [-0.25, -0.2) is 13.2 Å². The van der Waals surface area contributed by atoms with Crippen molar-refractivity contribution in [1.82, 2.24) is 0 Å². The van der Waals surface area contributed by atoms with E-state index in [0.717, 1.165) is 0 Å². The number of carbonyl (C=O) groups excluding carboxylic acids is 2. The summed E-state index contributed by atoms with van der Waals surface area (Å²) in [6.45, 7) is 1.43. The highest BCUT2D eigenvalue weighted by molar-refractivity contribution is 7.92. The Morgan fingerprint density at radius 3 is 2.34 bits per heavy atom. The van der Waals surface area contributed by atoms with Crippen LogP contribution in [0.5, 0.6) is 11.5 Å². The van der Waals surface area contributed by atoms with Crippen LogP contribution < -0.4 is 24.4 Å². The standard InChI is InChI=1S/C24H21N3O7S/c28-23(25-19-3-1-2-4-20(19)27-11-12-34-24(27)29)16-5-7-17(8-6-16)26-35(30,31)18-9-10-21-22(15-18)33-14-13-32-21/h1-10,15,26H,11-14H2,(H,25,28). The molecule has 10 nitrogen and oxygen atoms in total. The zero-order valence-electron chi connectivity index (χ0n) is 18.4. The molecule has 0 atom stereocenters. The number of rotatable bonds is 6. The Labute approximate surface area is 201 Å². The Hall–Kier alpha value is -4.25. The molecule has 5 rings (SSSR count). The van der Waals surface area contributed by atoms with Crippen molar-refractivity contribution in [3.05, 3.63) is 72.3 Å². The SMILES string of the molecule is O=C(Nc1ccccc1N1CCOC1=O)c1ccc(NS(=O)(=O)c2ccc3c(c2)OCCO3)cc1. The van der Waals surface area contributed by atoms with Crippen LogP contribution in [0.1, 0.15) is 10.4 Å². The number of nitrogens with zero attached hydrogens (tertiary/aromatic N) is 1. The van der Waals surface area contributed by atoms with Crippen molar-refractivity contribution in [1.29, 1.82) is 0 Å². The van der Waals surface area contributed by atoms with Crippen LogP contribution in [0.2, 0.25) is 0 Å². The first-order chi connectivity index (χ1) is 16.9. The Bertz CT molecular complexity index is 1390. The van der Waals surface area contributed by atoms with E-state index in [-0.39, 0.29) is 17.2 Å². The molecule has 0 radical (unpaired) electrons. The molecule has 2 aliphatic rings. The average molecular weight is 496 g/mol. The highest BCUT2D eigenvalue weighted by Crippen LogP contribution is 2.33. The first-order valence-corrected chi connectivity index (χ1v) is 12.3. The van der Waals surface area contributed by atoms with Gasteiger partial charge in [-0.2, -0.15) is 0 Å². The van der Waals surface area contributed by atoms with E-state index in [1.165, 1.54) is 41.3 Å². The second kappa shape index (κ2) is 9.18. The topological polar surface area (TPSA) is 123 Å². The number of sulfonamides is 1. The van der Waals surface area contributed by atoms with E-state index in [1.807, 2.05) is 0 Å². The summed E-state index contributed by atoms with van der Waals surface area (Å²) < 4.78 is 44.0. The van der Waals surface area contributed by atoms with Crippen molar-refractivity contribution in [2.24, 2.45) is 0 Å². The molecule has 180 valence electrons. The number of hydrogen-bond donors (Lipinski definition) is 2. The van der Waals surface area contributed by atoms with Gasteiger partial charge in [-0.15, -0.1) is 0 Å². The van der Waals surface area contributed by atoms with E-state index in [0.29, 0.717) is 48.2 Å². The zero-order valence-corrected chi connectivity index (χ0v) is 19.2. The average Bonchev–Trinajstić information content (AvgIpc) is 3.30. The zero-order chi connectivity index (χ0) is 24.4. The fourth-order valence-electron chi connectivity index (χ4n) is 3.72. The second-order valence-electron chi connectivity index (χ2n) is 7.73. The number of ether oxygens (including phenoxy) is 3. The van der Waals surface area contributed by atoms with Gasteiger partial charge in [-0.05, 0) is 48.5 Å². The molecule has 1 fully saturated rings. The van der Waals surface area contributed by atoms with E-state index in [2.05, 4.69) is 10.0 Å². The number of benzene rings is 3. The van der Waals surface area contributed by atoms with Gasteiger partial charge in [0.05, 0.1) is 22.8 Å². The lowest BCUT2D eigenvalue weighted by atomic mass is 10.2. The second-order valence-corrected chi connectivity index (χ2v) is 9.41. The van der Waals surface area contributed by atoms with Crippen molar-refractivity contribution >= 4 is 39.1 Å². The van der Waals surface area contributed by atoms with Gasteiger partial charge in [0.15, 0.2) is 11.5 Å². The van der Waals surface area contributed by atoms with E-state index in [1.54, 1.807) is 30.3 Å². The minimum absolute atomic E-state index is 0.0283. The molecule has 3 aromatic carbocycles. The first-order valence-electron chi connectivity index (χ1n) is 10.8. The van der Waals surface area contributed by atoms with Gasteiger partial charge in [-0.1, -0.05) is 12.1 Å². The van der Waals surface area contributed by atoms with Crippen LogP contribution in [0.4, 0.5) is 21.9 Å². The molecule has 0 unspecified atom stereocenters. The Morgan fingerprint density at radius 2 is 1.60 bits per heavy atom. The fourth-order valence-corrected chi connectivity index (χ4v) is 4.79. The van der Waals surface area contributed by atoms with Gasteiger partial charge in [0.1, 0.15) is 19.8 Å². The molecule has 0 saturated carbocycles. The third kappa shape index (κ3) is 4.71. The van der Waals surface area contributed by atoms with Crippen LogP contribution in [0.3, 0.4) is 0 Å². The largest absolute Gasteiger partial charge is 0.486 e. The summed E-state index contributed by atoms with van der Waals surface area (Å²) in [6, 6.07) is 17.3. The highest BCUT2D eigenvalue weighted by Gasteiger charge is 2.26. The first kappa shape index (κ1) is 22.5. The highest BCUT2D eigenvalue weighted by atomic mass is 32.2. The number of para-hydroxylation sites is 2. The molecule has 0 bridgehead atoms. The lowest BCUT2D eigenvalue weighted by Crippen LogP contribution is -2.25. The predicted molar refractivity (Wildman–Crippen MR) is 128 cm³/mol. The summed E-state index contributed by atoms with van der Waals surface area (Å²) in [7, 11) is -3.88. The van der Waals surface area contributed by atoms with Crippen LogP contribution in [-0.4, -0.2) is 46.8 Å². The summed E-state index contributed by atoms with van der Waals surface area (Å²) >= 11 is 0. The molecule has 11 heteroatoms. The molecule has 35 heavy (non-hydrogen) atoms. The van der Waals surface area contributed by atoms with Crippen LogP contribution >= 0.6 is 0 Å². The molecule has 2 amide bonds. The normalized spacial score (nSPS) is 14.9. The maximum absolute atomic E-state index is 12.8. The Balaban J connectivity index is 1.29. The quantitative estimate of drug-likeness (QED) is 0.537. The number of fused-ring (bicyclic) bond motifs is 1. The van der Waals surface area contributed by atoms with Crippen molar-refractivity contribution in [2.75, 3.05) is 41.3 Å². The number of nitrogens with one attached hydrogen (secondary N) is 2. The minimum Gasteiger partial charge on any atom is -0.486 e. The minimum atomic E-state index is -3.88. The molecule has 3 aromatic rings. The maximum Gasteiger partial charge on any atom is 0.414 e. The van der Waals surface area contributed by atoms with Gasteiger partial charge in [0.2, 0.25) is 0 Å². The molecule has 1 saturated heterocycles. The predicted octanol–water partition coefficient (Wildman–Crippen LogP) is 3.47. The molecule has 2 heterocycles. The van der Waals surface area contributed by atoms with Gasteiger partial charge < -0.3 is 19.5 Å². The van der Waals surface area contributed by atoms with Gasteiger partial charge in [0.25, 0.3) is 15.9 Å². The molecule has 2 N–H and O–H groups in total. The van der Waals surface area contributed by atoms with Gasteiger partial charge in [0, 0.05) is 17.3 Å². The Morgan fingerprint density at radius 1 is 0.857 bits per heavy atom. The van der Waals surface area contributed by atoms with E-state index in [9.17, 15) is 18.0 Å². The van der Waals surface area contributed by atoms with Crippen molar-refractivity contribution in [3.8, 4) is 11.5 Å². The maximum atomic E-state index is 12.8. The van der Waals surface area contributed by atoms with Crippen LogP contribution in [-0.2, 0) is 14.8 Å². The number of amides is 2. The van der Waals surface area contributed by atoms with E-state index < -0.39 is 22.0 Å². The number of hydrogen-bond acceptors (Lipinski definition) is 7.